The van der Waals surface area contributed by atoms with Gasteiger partial charge in [-0.25, -0.2) is 0 Å². The molecule has 1 N–H and O–H groups in total. The maximum absolute atomic E-state index is 6.05. The zero-order valence-electron chi connectivity index (χ0n) is 9.64. The fourth-order valence-electron chi connectivity index (χ4n) is 1.94. The fourth-order valence-corrected chi connectivity index (χ4v) is 3.36. The van der Waals surface area contributed by atoms with Crippen LogP contribution in [-0.4, -0.2) is 6.54 Å². The molecule has 1 heterocycles. The molecule has 1 nitrogen and oxygen atoms in total. The molecule has 0 fully saturated rings. The number of nitrogens with one attached hydrogen (secondary N) is 1. The number of benzene rings is 1. The number of fused-ring (bicyclic) bond motifs is 1. The van der Waals surface area contributed by atoms with Crippen molar-refractivity contribution in [3.8, 4) is 0 Å². The van der Waals surface area contributed by atoms with Crippen LogP contribution in [0.3, 0.4) is 0 Å². The van der Waals surface area contributed by atoms with Gasteiger partial charge in [-0.1, -0.05) is 25.4 Å². The average molecular weight is 254 g/mol. The van der Waals surface area contributed by atoms with Crippen LogP contribution in [0.15, 0.2) is 18.2 Å². The smallest absolute Gasteiger partial charge is 0.0413 e. The normalized spacial score (nSPS) is 11.2. The van der Waals surface area contributed by atoms with Crippen LogP contribution < -0.4 is 5.32 Å². The zero-order chi connectivity index (χ0) is 11.5. The number of thiophene rings is 1. The van der Waals surface area contributed by atoms with Gasteiger partial charge in [0.1, 0.15) is 0 Å². The van der Waals surface area contributed by atoms with Gasteiger partial charge in [0.25, 0.3) is 0 Å². The quantitative estimate of drug-likeness (QED) is 0.860. The molecule has 0 saturated carbocycles. The Morgan fingerprint density at radius 2 is 2.12 bits per heavy atom. The van der Waals surface area contributed by atoms with E-state index in [1.165, 1.54) is 20.5 Å². The predicted molar refractivity (Wildman–Crippen MR) is 73.6 cm³/mol. The lowest BCUT2D eigenvalue weighted by Crippen LogP contribution is -2.11. The molecule has 2 rings (SSSR count). The molecule has 1 aromatic carbocycles. The summed E-state index contributed by atoms with van der Waals surface area (Å²) < 4.78 is 1.34. The van der Waals surface area contributed by atoms with Crippen molar-refractivity contribution in [1.29, 1.82) is 0 Å². The van der Waals surface area contributed by atoms with Crippen molar-refractivity contribution >= 4 is 33.0 Å². The standard InChI is InChI=1S/C13H16ClNS/c1-3-10-11-7-9(14)5-6-12(11)16-13(10)8-15-4-2/h5-7,15H,3-4,8H2,1-2H3. The van der Waals surface area contributed by atoms with E-state index in [4.69, 9.17) is 11.6 Å². The Balaban J connectivity index is 2.49. The maximum atomic E-state index is 6.05. The molecule has 3 heteroatoms. The molecular formula is C13H16ClNS. The molecule has 0 saturated heterocycles. The molecule has 0 aliphatic carbocycles. The Bertz CT molecular complexity index is 490. The van der Waals surface area contributed by atoms with E-state index in [0.717, 1.165) is 24.5 Å². The topological polar surface area (TPSA) is 12.0 Å². The van der Waals surface area contributed by atoms with Crippen LogP contribution in [0, 0.1) is 0 Å². The summed E-state index contributed by atoms with van der Waals surface area (Å²) in [6.07, 6.45) is 1.07. The van der Waals surface area contributed by atoms with Crippen LogP contribution in [-0.2, 0) is 13.0 Å². The molecule has 16 heavy (non-hydrogen) atoms. The Morgan fingerprint density at radius 1 is 1.31 bits per heavy atom. The first-order chi connectivity index (χ1) is 7.76. The minimum atomic E-state index is 0.829. The van der Waals surface area contributed by atoms with E-state index in [0.29, 0.717) is 0 Å². The minimum Gasteiger partial charge on any atom is -0.312 e. The number of rotatable bonds is 4. The maximum Gasteiger partial charge on any atom is 0.0413 e. The molecule has 0 radical (unpaired) electrons. The first-order valence-electron chi connectivity index (χ1n) is 5.66. The second-order valence-corrected chi connectivity index (χ2v) is 5.35. The summed E-state index contributed by atoms with van der Waals surface area (Å²) in [6.45, 7) is 6.32. The summed E-state index contributed by atoms with van der Waals surface area (Å²) in [6, 6.07) is 6.18. The lowest BCUT2D eigenvalue weighted by atomic mass is 10.1. The third-order valence-electron chi connectivity index (χ3n) is 2.73. The molecule has 2 aromatic rings. The highest BCUT2D eigenvalue weighted by molar-refractivity contribution is 7.19. The van der Waals surface area contributed by atoms with E-state index in [2.05, 4.69) is 31.3 Å². The van der Waals surface area contributed by atoms with E-state index in [1.54, 1.807) is 0 Å². The van der Waals surface area contributed by atoms with Gasteiger partial charge in [-0.3, -0.25) is 0 Å². The Labute approximate surface area is 105 Å². The summed E-state index contributed by atoms with van der Waals surface area (Å²) in [4.78, 5) is 1.45. The van der Waals surface area contributed by atoms with E-state index in [1.807, 2.05) is 17.4 Å². The predicted octanol–water partition coefficient (Wildman–Crippen LogP) is 4.23. The van der Waals surface area contributed by atoms with Crippen molar-refractivity contribution in [2.45, 2.75) is 26.8 Å². The van der Waals surface area contributed by atoms with Crippen molar-refractivity contribution in [2.24, 2.45) is 0 Å². The van der Waals surface area contributed by atoms with Crippen LogP contribution in [0.25, 0.3) is 10.1 Å². The lowest BCUT2D eigenvalue weighted by molar-refractivity contribution is 0.731. The van der Waals surface area contributed by atoms with Gasteiger partial charge in [0.15, 0.2) is 0 Å². The Morgan fingerprint density at radius 3 is 2.81 bits per heavy atom. The largest absolute Gasteiger partial charge is 0.312 e. The van der Waals surface area contributed by atoms with Crippen LogP contribution in [0.2, 0.25) is 5.02 Å². The summed E-state index contributed by atoms with van der Waals surface area (Å²) in [7, 11) is 0. The summed E-state index contributed by atoms with van der Waals surface area (Å²) in [5.41, 5.74) is 1.45. The summed E-state index contributed by atoms with van der Waals surface area (Å²) in [5, 5.41) is 5.55. The first kappa shape index (κ1) is 11.9. The highest BCUT2D eigenvalue weighted by Crippen LogP contribution is 2.33. The summed E-state index contributed by atoms with van der Waals surface area (Å²) >= 11 is 7.93. The lowest BCUT2D eigenvalue weighted by Gasteiger charge is -2.02. The second-order valence-electron chi connectivity index (χ2n) is 3.78. The molecule has 0 spiro atoms. The SMILES string of the molecule is CCNCc1sc2ccc(Cl)cc2c1CC. The third-order valence-corrected chi connectivity index (χ3v) is 4.17. The van der Waals surface area contributed by atoms with Gasteiger partial charge in [-0.05, 0) is 42.1 Å². The van der Waals surface area contributed by atoms with Gasteiger partial charge in [-0.15, -0.1) is 11.3 Å². The molecule has 1 aromatic heterocycles. The van der Waals surface area contributed by atoms with Crippen molar-refractivity contribution in [3.63, 3.8) is 0 Å². The number of hydrogen-bond acceptors (Lipinski definition) is 2. The van der Waals surface area contributed by atoms with Crippen molar-refractivity contribution < 1.29 is 0 Å². The van der Waals surface area contributed by atoms with Gasteiger partial charge in [0.2, 0.25) is 0 Å². The van der Waals surface area contributed by atoms with E-state index < -0.39 is 0 Å². The van der Waals surface area contributed by atoms with Gasteiger partial charge >= 0.3 is 0 Å². The van der Waals surface area contributed by atoms with Crippen LogP contribution in [0.4, 0.5) is 0 Å². The molecule has 86 valence electrons. The van der Waals surface area contributed by atoms with Crippen LogP contribution in [0.1, 0.15) is 24.3 Å². The fraction of sp³-hybridized carbons (Fsp3) is 0.385. The van der Waals surface area contributed by atoms with E-state index in [-0.39, 0.29) is 0 Å². The van der Waals surface area contributed by atoms with Crippen LogP contribution >= 0.6 is 22.9 Å². The van der Waals surface area contributed by atoms with E-state index in [9.17, 15) is 0 Å². The Kier molecular flexibility index (Phi) is 3.85. The second kappa shape index (κ2) is 5.17. The van der Waals surface area contributed by atoms with E-state index >= 15 is 0 Å². The first-order valence-corrected chi connectivity index (χ1v) is 6.86. The molecule has 0 aliphatic rings. The molecule has 0 unspecified atom stereocenters. The number of aryl methyl sites for hydroxylation is 1. The molecule has 0 amide bonds. The van der Waals surface area contributed by atoms with Crippen LogP contribution in [0.5, 0.6) is 0 Å². The number of halogens is 1. The monoisotopic (exact) mass is 253 g/mol. The Hall–Kier alpha value is -0.570. The average Bonchev–Trinajstić information content (AvgIpc) is 2.63. The molecular weight excluding hydrogens is 238 g/mol. The minimum absolute atomic E-state index is 0.829. The summed E-state index contributed by atoms with van der Waals surface area (Å²) in [5.74, 6) is 0. The molecule has 0 aliphatic heterocycles. The van der Waals surface area contributed by atoms with Crippen molar-refractivity contribution in [1.82, 2.24) is 5.32 Å². The number of hydrogen-bond donors (Lipinski definition) is 1. The van der Waals surface area contributed by atoms with Crippen molar-refractivity contribution in [3.05, 3.63) is 33.7 Å². The zero-order valence-corrected chi connectivity index (χ0v) is 11.2. The molecule has 0 atom stereocenters. The van der Waals surface area contributed by atoms with Gasteiger partial charge in [0, 0.05) is 21.1 Å². The van der Waals surface area contributed by atoms with Gasteiger partial charge < -0.3 is 5.32 Å². The molecule has 0 bridgehead atoms. The highest BCUT2D eigenvalue weighted by atomic mass is 35.5. The third kappa shape index (κ3) is 2.24. The van der Waals surface area contributed by atoms with Crippen molar-refractivity contribution in [2.75, 3.05) is 6.54 Å². The highest BCUT2D eigenvalue weighted by Gasteiger charge is 2.10. The van der Waals surface area contributed by atoms with Gasteiger partial charge in [-0.2, -0.15) is 0 Å². The van der Waals surface area contributed by atoms with Gasteiger partial charge in [0.05, 0.1) is 0 Å².